The van der Waals surface area contributed by atoms with Crippen LogP contribution in [-0.4, -0.2) is 4.57 Å². The van der Waals surface area contributed by atoms with Crippen LogP contribution in [0.25, 0.3) is 16.7 Å². The summed E-state index contributed by atoms with van der Waals surface area (Å²) in [5, 5.41) is 9.04. The van der Waals surface area contributed by atoms with Crippen molar-refractivity contribution in [1.82, 2.24) is 4.57 Å². The fourth-order valence-electron chi connectivity index (χ4n) is 2.37. The number of nitrogens with zero attached hydrogens (tertiary/aromatic N) is 3. The van der Waals surface area contributed by atoms with E-state index in [4.69, 9.17) is 5.26 Å². The van der Waals surface area contributed by atoms with Gasteiger partial charge in [-0.1, -0.05) is 12.1 Å². The molecule has 0 radical (unpaired) electrons. The molecule has 3 heteroatoms. The molecule has 0 unspecified atom stereocenters. The van der Waals surface area contributed by atoms with Crippen molar-refractivity contribution in [3.63, 3.8) is 0 Å². The van der Waals surface area contributed by atoms with Crippen LogP contribution in [-0.2, 0) is 7.05 Å². The second-order valence-corrected chi connectivity index (χ2v) is 4.75. The lowest BCUT2D eigenvalue weighted by Gasteiger charge is -1.98. The van der Waals surface area contributed by atoms with E-state index < -0.39 is 0 Å². The van der Waals surface area contributed by atoms with Gasteiger partial charge in [-0.05, 0) is 36.8 Å². The number of rotatable bonds is 1. The number of aryl methyl sites for hydroxylation is 2. The van der Waals surface area contributed by atoms with E-state index in [1.165, 1.54) is 5.56 Å². The maximum absolute atomic E-state index is 9.04. The molecule has 2 aromatic carbocycles. The summed E-state index contributed by atoms with van der Waals surface area (Å²) < 4.78 is 4.18. The van der Waals surface area contributed by atoms with Crippen LogP contribution >= 0.6 is 0 Å². The first-order valence-electron chi connectivity index (χ1n) is 6.17. The highest BCUT2D eigenvalue weighted by Gasteiger charge is 2.15. The van der Waals surface area contributed by atoms with Gasteiger partial charge in [0.1, 0.15) is 5.69 Å². The molecule has 0 fully saturated rings. The number of fused-ring (bicyclic) bond motifs is 1. The molecule has 0 saturated carbocycles. The quantitative estimate of drug-likeness (QED) is 0.609. The topological polar surface area (TPSA) is 32.6 Å². The predicted octanol–water partition coefficient (Wildman–Crippen LogP) is 2.64. The standard InChI is InChI=1S/C16H14N3/c1-12-4-3-5-14(8-12)19-11-18(2)15-7-6-13(10-17)9-16(15)19/h3-9,11H,1-2H3/q+1. The van der Waals surface area contributed by atoms with Gasteiger partial charge < -0.3 is 0 Å². The molecule has 0 bridgehead atoms. The SMILES string of the molecule is Cc1cccc(-n2c[n+](C)c3ccc(C#N)cc32)c1. The Kier molecular flexibility index (Phi) is 2.57. The normalized spacial score (nSPS) is 10.6. The highest BCUT2D eigenvalue weighted by atomic mass is 15.1. The Morgan fingerprint density at radius 2 is 2.00 bits per heavy atom. The van der Waals surface area contributed by atoms with Crippen LogP contribution in [0.3, 0.4) is 0 Å². The number of hydrogen-bond donors (Lipinski definition) is 0. The number of hydrogen-bond acceptors (Lipinski definition) is 1. The zero-order valence-corrected chi connectivity index (χ0v) is 11.0. The van der Waals surface area contributed by atoms with Crippen molar-refractivity contribution < 1.29 is 4.57 Å². The average Bonchev–Trinajstić information content (AvgIpc) is 2.75. The zero-order chi connectivity index (χ0) is 13.4. The smallest absolute Gasteiger partial charge is 0.232 e. The van der Waals surface area contributed by atoms with E-state index in [2.05, 4.69) is 40.3 Å². The van der Waals surface area contributed by atoms with E-state index in [9.17, 15) is 0 Å². The van der Waals surface area contributed by atoms with E-state index in [1.54, 1.807) is 0 Å². The largest absolute Gasteiger partial charge is 0.249 e. The third kappa shape index (κ3) is 1.88. The molecule has 3 nitrogen and oxygen atoms in total. The van der Waals surface area contributed by atoms with Crippen LogP contribution in [0.1, 0.15) is 11.1 Å². The van der Waals surface area contributed by atoms with E-state index >= 15 is 0 Å². The lowest BCUT2D eigenvalue weighted by molar-refractivity contribution is -0.645. The molecule has 3 rings (SSSR count). The Morgan fingerprint density at radius 3 is 2.74 bits per heavy atom. The number of imidazole rings is 1. The Labute approximate surface area is 112 Å². The minimum absolute atomic E-state index is 0.681. The summed E-state index contributed by atoms with van der Waals surface area (Å²) in [4.78, 5) is 0. The molecule has 0 N–H and O–H groups in total. The summed E-state index contributed by atoms with van der Waals surface area (Å²) in [6.07, 6.45) is 2.04. The molecule has 0 aliphatic rings. The third-order valence-corrected chi connectivity index (χ3v) is 3.31. The molecule has 0 aliphatic carbocycles. The van der Waals surface area contributed by atoms with Crippen molar-refractivity contribution >= 4 is 11.0 Å². The molecule has 1 aromatic heterocycles. The molecule has 92 valence electrons. The predicted molar refractivity (Wildman–Crippen MR) is 73.9 cm³/mol. The van der Waals surface area contributed by atoms with E-state index in [0.717, 1.165) is 16.7 Å². The first-order chi connectivity index (χ1) is 9.19. The summed E-state index contributed by atoms with van der Waals surface area (Å²) in [7, 11) is 2.01. The zero-order valence-electron chi connectivity index (χ0n) is 11.0. The summed E-state index contributed by atoms with van der Waals surface area (Å²) in [6, 6.07) is 16.3. The van der Waals surface area contributed by atoms with Crippen LogP contribution in [0.15, 0.2) is 48.8 Å². The molecule has 0 spiro atoms. The monoisotopic (exact) mass is 248 g/mol. The van der Waals surface area contributed by atoms with Crippen molar-refractivity contribution in [2.24, 2.45) is 7.05 Å². The summed E-state index contributed by atoms with van der Waals surface area (Å²) in [6.45, 7) is 2.08. The molecule has 19 heavy (non-hydrogen) atoms. The van der Waals surface area contributed by atoms with E-state index in [1.807, 2.05) is 37.6 Å². The van der Waals surface area contributed by atoms with Crippen LogP contribution in [0, 0.1) is 18.3 Å². The van der Waals surface area contributed by atoms with Gasteiger partial charge in [-0.15, -0.1) is 0 Å². The summed E-state index contributed by atoms with van der Waals surface area (Å²) in [5.41, 5.74) is 5.17. The Balaban J connectivity index is 2.32. The highest BCUT2D eigenvalue weighted by molar-refractivity contribution is 5.76. The Bertz CT molecular complexity index is 806. The van der Waals surface area contributed by atoms with Gasteiger partial charge in [-0.3, -0.25) is 0 Å². The Morgan fingerprint density at radius 1 is 1.16 bits per heavy atom. The molecular formula is C16H14N3+. The van der Waals surface area contributed by atoms with E-state index in [-0.39, 0.29) is 0 Å². The highest BCUT2D eigenvalue weighted by Crippen LogP contribution is 2.18. The van der Waals surface area contributed by atoms with Gasteiger partial charge in [0, 0.05) is 6.07 Å². The maximum atomic E-state index is 9.04. The minimum atomic E-state index is 0.681. The fraction of sp³-hybridized carbons (Fsp3) is 0.125. The molecule has 1 heterocycles. The molecule has 0 amide bonds. The van der Waals surface area contributed by atoms with Crippen LogP contribution in [0.2, 0.25) is 0 Å². The van der Waals surface area contributed by atoms with Crippen molar-refractivity contribution in [2.45, 2.75) is 6.92 Å². The Hall–Kier alpha value is -2.60. The molecule has 0 saturated heterocycles. The lowest BCUT2D eigenvalue weighted by Crippen LogP contribution is -2.25. The van der Waals surface area contributed by atoms with Crippen LogP contribution in [0.5, 0.6) is 0 Å². The van der Waals surface area contributed by atoms with Crippen molar-refractivity contribution in [1.29, 1.82) is 5.26 Å². The first kappa shape index (κ1) is 11.5. The number of benzene rings is 2. The van der Waals surface area contributed by atoms with Crippen LogP contribution < -0.4 is 4.57 Å². The molecule has 0 aliphatic heterocycles. The fourth-order valence-corrected chi connectivity index (χ4v) is 2.37. The van der Waals surface area contributed by atoms with Gasteiger partial charge in [0.2, 0.25) is 6.33 Å². The maximum Gasteiger partial charge on any atom is 0.249 e. The van der Waals surface area contributed by atoms with E-state index in [0.29, 0.717) is 5.56 Å². The lowest BCUT2D eigenvalue weighted by atomic mass is 10.2. The van der Waals surface area contributed by atoms with Crippen molar-refractivity contribution in [3.8, 4) is 11.8 Å². The summed E-state index contributed by atoms with van der Waals surface area (Å²) >= 11 is 0. The first-order valence-corrected chi connectivity index (χ1v) is 6.17. The molecular weight excluding hydrogens is 234 g/mol. The van der Waals surface area contributed by atoms with Gasteiger partial charge in [0.15, 0.2) is 11.0 Å². The van der Waals surface area contributed by atoms with Gasteiger partial charge in [0.25, 0.3) is 0 Å². The summed E-state index contributed by atoms with van der Waals surface area (Å²) in [5.74, 6) is 0. The van der Waals surface area contributed by atoms with Crippen molar-refractivity contribution in [2.75, 3.05) is 0 Å². The minimum Gasteiger partial charge on any atom is -0.232 e. The van der Waals surface area contributed by atoms with Gasteiger partial charge in [-0.2, -0.15) is 9.83 Å². The molecule has 3 aromatic rings. The number of nitriles is 1. The van der Waals surface area contributed by atoms with Crippen molar-refractivity contribution in [3.05, 3.63) is 59.9 Å². The third-order valence-electron chi connectivity index (χ3n) is 3.31. The second kappa shape index (κ2) is 4.25. The average molecular weight is 248 g/mol. The van der Waals surface area contributed by atoms with Crippen LogP contribution in [0.4, 0.5) is 0 Å². The van der Waals surface area contributed by atoms with Gasteiger partial charge >= 0.3 is 0 Å². The number of aromatic nitrogens is 2. The second-order valence-electron chi connectivity index (χ2n) is 4.75. The molecule has 0 atom stereocenters. The van der Waals surface area contributed by atoms with Gasteiger partial charge in [0.05, 0.1) is 18.7 Å². The van der Waals surface area contributed by atoms with Gasteiger partial charge in [-0.25, -0.2) is 4.57 Å².